The fourth-order valence-electron chi connectivity index (χ4n) is 1.89. The molecule has 0 amide bonds. The fraction of sp³-hybridized carbons (Fsp3) is 0.250. The molecule has 118 valence electrons. The predicted molar refractivity (Wildman–Crippen MR) is 96.2 cm³/mol. The Morgan fingerprint density at radius 3 is 1.95 bits per heavy atom. The van der Waals surface area contributed by atoms with E-state index in [1.165, 1.54) is 0 Å². The van der Waals surface area contributed by atoms with Crippen molar-refractivity contribution in [2.45, 2.75) is 19.8 Å². The molecule has 2 aromatic rings. The Morgan fingerprint density at radius 1 is 0.909 bits per heavy atom. The molecule has 0 saturated carbocycles. The predicted octanol–water partition coefficient (Wildman–Crippen LogP) is 4.73. The van der Waals surface area contributed by atoms with Crippen molar-refractivity contribution in [3.63, 3.8) is 0 Å². The van der Waals surface area contributed by atoms with Gasteiger partial charge in [-0.1, -0.05) is 29.3 Å². The fourth-order valence-corrected chi connectivity index (χ4v) is 3.42. The smallest absolute Gasteiger partial charge is 0.232 e. The second-order valence-electron chi connectivity index (χ2n) is 4.98. The van der Waals surface area contributed by atoms with Crippen molar-refractivity contribution in [2.75, 3.05) is 15.8 Å². The summed E-state index contributed by atoms with van der Waals surface area (Å²) in [7, 11) is -3.25. The van der Waals surface area contributed by atoms with Crippen LogP contribution in [0.3, 0.4) is 0 Å². The minimum Gasteiger partial charge on any atom is -0.356 e. The summed E-state index contributed by atoms with van der Waals surface area (Å²) in [6.07, 6.45) is 1.52. The molecular weight excluding hydrogens is 364 g/mol. The van der Waals surface area contributed by atoms with Gasteiger partial charge in [0, 0.05) is 21.5 Å². The van der Waals surface area contributed by atoms with Gasteiger partial charge in [-0.05, 0) is 55.0 Å². The third kappa shape index (κ3) is 5.35. The molecule has 2 aromatic carbocycles. The van der Waals surface area contributed by atoms with Gasteiger partial charge in [-0.25, -0.2) is 8.42 Å². The van der Waals surface area contributed by atoms with Gasteiger partial charge in [0.2, 0.25) is 10.0 Å². The van der Waals surface area contributed by atoms with E-state index in [9.17, 15) is 8.42 Å². The second-order valence-corrected chi connectivity index (χ2v) is 7.74. The van der Waals surface area contributed by atoms with Crippen molar-refractivity contribution in [1.82, 2.24) is 0 Å². The zero-order valence-electron chi connectivity index (χ0n) is 12.3. The first kappa shape index (κ1) is 16.8. The molecule has 2 N–H and O–H groups in total. The van der Waals surface area contributed by atoms with Crippen molar-refractivity contribution in [2.24, 2.45) is 0 Å². The van der Waals surface area contributed by atoms with Crippen molar-refractivity contribution in [3.8, 4) is 0 Å². The Kier molecular flexibility index (Phi) is 5.85. The molecule has 0 saturated heterocycles. The summed E-state index contributed by atoms with van der Waals surface area (Å²) in [4.78, 5) is 0. The summed E-state index contributed by atoms with van der Waals surface area (Å²) < 4.78 is 27.3. The number of sulfonamides is 1. The number of hydrogen-bond acceptors (Lipinski definition) is 3. The number of hydrogen-bond donors (Lipinski definition) is 2. The average Bonchev–Trinajstić information content (AvgIpc) is 2.49. The lowest BCUT2D eigenvalue weighted by Gasteiger charge is -2.10. The average molecular weight is 383 g/mol. The van der Waals surface area contributed by atoms with Crippen LogP contribution in [0, 0.1) is 0 Å². The molecule has 0 spiro atoms. The third-order valence-electron chi connectivity index (χ3n) is 3.06. The highest BCUT2D eigenvalue weighted by Gasteiger charge is 2.09. The maximum absolute atomic E-state index is 11.8. The molecule has 0 heterocycles. The van der Waals surface area contributed by atoms with Crippen LogP contribution in [-0.4, -0.2) is 14.2 Å². The first-order valence-corrected chi connectivity index (χ1v) is 9.56. The molecule has 0 atom stereocenters. The molecule has 22 heavy (non-hydrogen) atoms. The Hall–Kier alpha value is -1.53. The van der Waals surface area contributed by atoms with Crippen molar-refractivity contribution < 1.29 is 8.42 Å². The number of nitrogens with one attached hydrogen (secondary N) is 2. The Balaban J connectivity index is 1.99. The summed E-state index contributed by atoms with van der Waals surface area (Å²) in [5, 5.41) is 3.26. The van der Waals surface area contributed by atoms with Gasteiger partial charge in [0.05, 0.1) is 5.75 Å². The first-order valence-electron chi connectivity index (χ1n) is 7.11. The van der Waals surface area contributed by atoms with Gasteiger partial charge in [-0.2, -0.15) is 0 Å². The van der Waals surface area contributed by atoms with Crippen LogP contribution < -0.4 is 10.0 Å². The van der Waals surface area contributed by atoms with E-state index in [-0.39, 0.29) is 5.75 Å². The van der Waals surface area contributed by atoms with Gasteiger partial charge >= 0.3 is 0 Å². The van der Waals surface area contributed by atoms with Gasteiger partial charge < -0.3 is 5.32 Å². The van der Waals surface area contributed by atoms with Crippen LogP contribution in [-0.2, 0) is 10.0 Å². The standard InChI is InChI=1S/C16H19BrN2O2S/c1-2-3-12-22(20,21)19-16-10-8-15(9-11-16)18-14-6-4-13(17)5-7-14/h4-11,18-19H,2-3,12H2,1H3. The van der Waals surface area contributed by atoms with Gasteiger partial charge in [0.25, 0.3) is 0 Å². The maximum atomic E-state index is 11.8. The lowest BCUT2D eigenvalue weighted by atomic mass is 10.2. The lowest BCUT2D eigenvalue weighted by molar-refractivity contribution is 0.598. The number of halogens is 1. The number of rotatable bonds is 7. The number of benzene rings is 2. The topological polar surface area (TPSA) is 58.2 Å². The van der Waals surface area contributed by atoms with E-state index < -0.39 is 10.0 Å². The van der Waals surface area contributed by atoms with Gasteiger partial charge in [-0.3, -0.25) is 4.72 Å². The summed E-state index contributed by atoms with van der Waals surface area (Å²) in [5.74, 6) is 0.155. The van der Waals surface area contributed by atoms with E-state index >= 15 is 0 Å². The molecule has 0 unspecified atom stereocenters. The molecule has 4 nitrogen and oxygen atoms in total. The van der Waals surface area contributed by atoms with Crippen molar-refractivity contribution in [3.05, 3.63) is 53.0 Å². The highest BCUT2D eigenvalue weighted by atomic mass is 79.9. The lowest BCUT2D eigenvalue weighted by Crippen LogP contribution is -2.16. The van der Waals surface area contributed by atoms with E-state index in [1.807, 2.05) is 43.3 Å². The summed E-state index contributed by atoms with van der Waals surface area (Å²) in [5.41, 5.74) is 2.45. The summed E-state index contributed by atoms with van der Waals surface area (Å²) in [6.45, 7) is 1.97. The van der Waals surface area contributed by atoms with Crippen LogP contribution in [0.2, 0.25) is 0 Å². The Labute approximate surface area is 140 Å². The van der Waals surface area contributed by atoms with E-state index in [0.29, 0.717) is 12.1 Å². The van der Waals surface area contributed by atoms with Crippen LogP contribution in [0.25, 0.3) is 0 Å². The molecule has 0 aliphatic heterocycles. The van der Waals surface area contributed by atoms with Crippen LogP contribution in [0.4, 0.5) is 17.1 Å². The minimum absolute atomic E-state index is 0.155. The third-order valence-corrected chi connectivity index (χ3v) is 4.96. The molecular formula is C16H19BrN2O2S. The highest BCUT2D eigenvalue weighted by molar-refractivity contribution is 9.10. The number of anilines is 3. The second kappa shape index (κ2) is 7.65. The SMILES string of the molecule is CCCCS(=O)(=O)Nc1ccc(Nc2ccc(Br)cc2)cc1. The molecule has 0 bridgehead atoms. The summed E-state index contributed by atoms with van der Waals surface area (Å²) in [6, 6.07) is 15.0. The normalized spacial score (nSPS) is 11.2. The maximum Gasteiger partial charge on any atom is 0.232 e. The van der Waals surface area contributed by atoms with Crippen molar-refractivity contribution in [1.29, 1.82) is 0 Å². The summed E-state index contributed by atoms with van der Waals surface area (Å²) >= 11 is 3.39. The Morgan fingerprint density at radius 2 is 1.41 bits per heavy atom. The number of unbranched alkanes of at least 4 members (excludes halogenated alkanes) is 1. The van der Waals surface area contributed by atoms with Gasteiger partial charge in [0.15, 0.2) is 0 Å². The first-order chi connectivity index (χ1) is 10.5. The zero-order chi connectivity index (χ0) is 16.0. The largest absolute Gasteiger partial charge is 0.356 e. The highest BCUT2D eigenvalue weighted by Crippen LogP contribution is 2.21. The quantitative estimate of drug-likeness (QED) is 0.727. The molecule has 0 fully saturated rings. The van der Waals surface area contributed by atoms with E-state index in [2.05, 4.69) is 26.0 Å². The molecule has 0 radical (unpaired) electrons. The zero-order valence-corrected chi connectivity index (χ0v) is 14.7. The monoisotopic (exact) mass is 382 g/mol. The van der Waals surface area contributed by atoms with Gasteiger partial charge in [-0.15, -0.1) is 0 Å². The Bertz CT molecular complexity index is 698. The van der Waals surface area contributed by atoms with Gasteiger partial charge in [0.1, 0.15) is 0 Å². The molecule has 0 aromatic heterocycles. The van der Waals surface area contributed by atoms with Crippen LogP contribution in [0.15, 0.2) is 53.0 Å². The van der Waals surface area contributed by atoms with E-state index in [1.54, 1.807) is 12.1 Å². The van der Waals surface area contributed by atoms with Crippen molar-refractivity contribution >= 4 is 43.0 Å². The molecule has 2 rings (SSSR count). The minimum atomic E-state index is -3.25. The van der Waals surface area contributed by atoms with E-state index in [0.717, 1.165) is 22.3 Å². The van der Waals surface area contributed by atoms with E-state index in [4.69, 9.17) is 0 Å². The van der Waals surface area contributed by atoms with Crippen LogP contribution in [0.5, 0.6) is 0 Å². The molecule has 6 heteroatoms. The molecule has 0 aliphatic rings. The van der Waals surface area contributed by atoms with Crippen LogP contribution >= 0.6 is 15.9 Å². The van der Waals surface area contributed by atoms with Crippen LogP contribution in [0.1, 0.15) is 19.8 Å². The molecule has 0 aliphatic carbocycles.